The molecule has 3 aromatic rings. The molecule has 0 radical (unpaired) electrons. The van der Waals surface area contributed by atoms with Gasteiger partial charge < -0.3 is 24.8 Å². The number of amides is 1. The van der Waals surface area contributed by atoms with Crippen molar-refractivity contribution in [1.29, 1.82) is 0 Å². The average Bonchev–Trinajstić information content (AvgIpc) is 2.85. The largest absolute Gasteiger partial charge is 0.489 e. The van der Waals surface area contributed by atoms with E-state index in [1.165, 1.54) is 0 Å². The number of fused-ring (bicyclic) bond motifs is 1. The highest BCUT2D eigenvalue weighted by molar-refractivity contribution is 6.32. The van der Waals surface area contributed by atoms with Crippen molar-refractivity contribution < 1.29 is 24.2 Å². The normalized spacial score (nSPS) is 15.0. The molecular weight excluding hydrogens is 492 g/mol. The summed E-state index contributed by atoms with van der Waals surface area (Å²) in [4.78, 5) is 27.0. The second-order valence-corrected chi connectivity index (χ2v) is 10.3. The Labute approximate surface area is 222 Å². The third kappa shape index (κ3) is 5.52. The molecule has 1 heterocycles. The van der Waals surface area contributed by atoms with Crippen LogP contribution < -0.4 is 19.7 Å². The minimum absolute atomic E-state index is 0.128. The smallest absolute Gasteiger partial charge is 0.313 e. The zero-order valence-electron chi connectivity index (χ0n) is 21.6. The Balaban J connectivity index is 1.46. The highest BCUT2D eigenvalue weighted by Crippen LogP contribution is 2.34. The van der Waals surface area contributed by atoms with E-state index in [0.717, 1.165) is 22.6 Å². The van der Waals surface area contributed by atoms with Crippen molar-refractivity contribution >= 4 is 34.9 Å². The number of hydrogen-bond acceptors (Lipinski definition) is 5. The molecule has 1 aliphatic rings. The first kappa shape index (κ1) is 26.4. The van der Waals surface area contributed by atoms with Crippen LogP contribution in [0.3, 0.4) is 0 Å². The van der Waals surface area contributed by atoms with Gasteiger partial charge in [-0.1, -0.05) is 23.7 Å². The molecule has 0 saturated carbocycles. The van der Waals surface area contributed by atoms with E-state index in [2.05, 4.69) is 10.2 Å². The van der Waals surface area contributed by atoms with Crippen molar-refractivity contribution in [3.05, 3.63) is 81.9 Å². The molecular formula is C29H31ClN2O5. The number of nitrogens with one attached hydrogen (secondary N) is 1. The van der Waals surface area contributed by atoms with Crippen LogP contribution in [-0.2, 0) is 10.2 Å². The topological polar surface area (TPSA) is 88.1 Å². The maximum atomic E-state index is 13.1. The summed E-state index contributed by atoms with van der Waals surface area (Å²) in [5, 5.41) is 12.8. The lowest BCUT2D eigenvalue weighted by Crippen LogP contribution is -2.41. The number of aryl methyl sites for hydroxylation is 2. The number of para-hydroxylation sites is 2. The Hall–Kier alpha value is -3.71. The Morgan fingerprint density at radius 3 is 2.59 bits per heavy atom. The number of carbonyl (C=O) groups is 2. The molecule has 4 rings (SSSR count). The first-order valence-electron chi connectivity index (χ1n) is 12.0. The lowest BCUT2D eigenvalue weighted by Gasteiger charge is -2.33. The lowest BCUT2D eigenvalue weighted by molar-refractivity contribution is -0.142. The Bertz CT molecular complexity index is 1350. The fourth-order valence-electron chi connectivity index (χ4n) is 4.35. The fraction of sp³-hybridized carbons (Fsp3) is 0.310. The predicted octanol–water partition coefficient (Wildman–Crippen LogP) is 5.85. The first-order chi connectivity index (χ1) is 17.5. The Morgan fingerprint density at radius 2 is 1.86 bits per heavy atom. The average molecular weight is 523 g/mol. The SMILES string of the molecule is Cc1cc(C(=O)Nc2ccc(Cl)c(C(C)(C)C(=O)O)c2)c(C)cc1OC[C@@H]1CN(C)c2ccccc2O1. The molecule has 0 unspecified atom stereocenters. The van der Waals surface area contributed by atoms with Crippen molar-refractivity contribution in [3.63, 3.8) is 0 Å². The number of rotatable bonds is 7. The van der Waals surface area contributed by atoms with Gasteiger partial charge in [-0.2, -0.15) is 0 Å². The minimum Gasteiger partial charge on any atom is -0.489 e. The number of carbonyl (C=O) groups excluding carboxylic acids is 1. The maximum absolute atomic E-state index is 13.1. The molecule has 3 aromatic carbocycles. The van der Waals surface area contributed by atoms with Gasteiger partial charge >= 0.3 is 5.97 Å². The van der Waals surface area contributed by atoms with E-state index in [1.54, 1.807) is 38.1 Å². The van der Waals surface area contributed by atoms with Crippen LogP contribution in [0.25, 0.3) is 0 Å². The van der Waals surface area contributed by atoms with Crippen LogP contribution in [0.4, 0.5) is 11.4 Å². The van der Waals surface area contributed by atoms with E-state index in [-0.39, 0.29) is 12.0 Å². The number of carboxylic acid groups (broad SMARTS) is 1. The number of ether oxygens (including phenoxy) is 2. The summed E-state index contributed by atoms with van der Waals surface area (Å²) in [5.74, 6) is 0.217. The number of nitrogens with zero attached hydrogens (tertiary/aromatic N) is 1. The standard InChI is InChI=1S/C29H31ClN2O5/c1-17-13-26(36-16-20-15-32(5)24-8-6-7-9-25(24)37-20)18(2)12-21(17)27(33)31-19-10-11-23(30)22(14-19)29(3,4)28(34)35/h6-14,20H,15-16H2,1-5H3,(H,31,33)(H,34,35)/t20-/m0/s1. The summed E-state index contributed by atoms with van der Waals surface area (Å²) in [6.45, 7) is 7.97. The van der Waals surface area contributed by atoms with Gasteiger partial charge in [0.1, 0.15) is 24.2 Å². The molecule has 0 saturated heterocycles. The molecule has 1 atom stereocenters. The van der Waals surface area contributed by atoms with Gasteiger partial charge in [-0.3, -0.25) is 9.59 Å². The van der Waals surface area contributed by atoms with E-state index in [9.17, 15) is 14.7 Å². The summed E-state index contributed by atoms with van der Waals surface area (Å²) in [6, 6.07) is 16.4. The third-order valence-corrected chi connectivity index (χ3v) is 7.00. The van der Waals surface area contributed by atoms with Crippen LogP contribution in [0, 0.1) is 13.8 Å². The number of likely N-dealkylation sites (N-methyl/N-ethyl adjacent to an activating group) is 1. The molecule has 1 amide bonds. The zero-order valence-corrected chi connectivity index (χ0v) is 22.3. The lowest BCUT2D eigenvalue weighted by atomic mass is 9.84. The third-order valence-electron chi connectivity index (χ3n) is 6.67. The van der Waals surface area contributed by atoms with Gasteiger partial charge in [0.2, 0.25) is 0 Å². The van der Waals surface area contributed by atoms with Gasteiger partial charge in [0.15, 0.2) is 0 Å². The monoisotopic (exact) mass is 522 g/mol. The summed E-state index contributed by atoms with van der Waals surface area (Å²) in [5.41, 5.74) is 2.82. The molecule has 194 valence electrons. The number of hydrogen-bond donors (Lipinski definition) is 2. The second-order valence-electron chi connectivity index (χ2n) is 9.91. The van der Waals surface area contributed by atoms with Gasteiger partial charge in [0.25, 0.3) is 5.91 Å². The Kier molecular flexibility index (Phi) is 7.37. The van der Waals surface area contributed by atoms with Crippen LogP contribution in [0.1, 0.15) is 40.9 Å². The number of benzene rings is 3. The van der Waals surface area contributed by atoms with Gasteiger partial charge in [-0.15, -0.1) is 0 Å². The van der Waals surface area contributed by atoms with E-state index in [0.29, 0.717) is 40.7 Å². The highest BCUT2D eigenvalue weighted by atomic mass is 35.5. The van der Waals surface area contributed by atoms with Crippen LogP contribution in [-0.4, -0.2) is 43.3 Å². The quantitative estimate of drug-likeness (QED) is 0.405. The second kappa shape index (κ2) is 10.3. The molecule has 1 aliphatic heterocycles. The van der Waals surface area contributed by atoms with Crippen molar-refractivity contribution in [2.24, 2.45) is 0 Å². The van der Waals surface area contributed by atoms with Crippen LogP contribution in [0.2, 0.25) is 5.02 Å². The van der Waals surface area contributed by atoms with Crippen molar-refractivity contribution in [2.75, 3.05) is 30.4 Å². The number of halogens is 1. The maximum Gasteiger partial charge on any atom is 0.313 e. The molecule has 0 aliphatic carbocycles. The molecule has 2 N–H and O–H groups in total. The minimum atomic E-state index is -1.21. The van der Waals surface area contributed by atoms with E-state index in [4.69, 9.17) is 21.1 Å². The Morgan fingerprint density at radius 1 is 1.14 bits per heavy atom. The summed E-state index contributed by atoms with van der Waals surface area (Å²) in [6.07, 6.45) is -0.128. The summed E-state index contributed by atoms with van der Waals surface area (Å²) < 4.78 is 12.2. The van der Waals surface area contributed by atoms with Crippen LogP contribution in [0.15, 0.2) is 54.6 Å². The van der Waals surface area contributed by atoms with Crippen LogP contribution >= 0.6 is 11.6 Å². The van der Waals surface area contributed by atoms with Gasteiger partial charge in [0.05, 0.1) is 17.6 Å². The van der Waals surface area contributed by atoms with Crippen molar-refractivity contribution in [3.8, 4) is 11.5 Å². The number of carboxylic acids is 1. The van der Waals surface area contributed by atoms with Gasteiger partial charge in [-0.05, 0) is 86.8 Å². The molecule has 8 heteroatoms. The molecule has 37 heavy (non-hydrogen) atoms. The molecule has 0 aromatic heterocycles. The highest BCUT2D eigenvalue weighted by Gasteiger charge is 2.32. The van der Waals surface area contributed by atoms with Crippen molar-refractivity contribution in [1.82, 2.24) is 0 Å². The van der Waals surface area contributed by atoms with Gasteiger partial charge in [-0.25, -0.2) is 0 Å². The van der Waals surface area contributed by atoms with E-state index < -0.39 is 11.4 Å². The summed E-state index contributed by atoms with van der Waals surface area (Å²) >= 11 is 6.26. The fourth-order valence-corrected chi connectivity index (χ4v) is 4.70. The van der Waals surface area contributed by atoms with Crippen molar-refractivity contribution in [2.45, 2.75) is 39.2 Å². The predicted molar refractivity (Wildman–Crippen MR) is 146 cm³/mol. The molecule has 0 fully saturated rings. The van der Waals surface area contributed by atoms with E-state index >= 15 is 0 Å². The zero-order chi connectivity index (χ0) is 26.9. The molecule has 0 spiro atoms. The summed E-state index contributed by atoms with van der Waals surface area (Å²) in [7, 11) is 2.03. The number of anilines is 2. The molecule has 0 bridgehead atoms. The van der Waals surface area contributed by atoms with Gasteiger partial charge in [0, 0.05) is 23.3 Å². The molecule has 7 nitrogen and oxygen atoms in total. The first-order valence-corrected chi connectivity index (χ1v) is 12.4. The van der Waals surface area contributed by atoms with E-state index in [1.807, 2.05) is 51.2 Å². The van der Waals surface area contributed by atoms with Crippen LogP contribution in [0.5, 0.6) is 11.5 Å². The number of aliphatic carboxylic acids is 1.